The Labute approximate surface area is 214 Å². The van der Waals surface area contributed by atoms with Gasteiger partial charge in [-0.2, -0.15) is 0 Å². The molecular weight excluding hydrogens is 479 g/mol. The fraction of sp³-hybridized carbons (Fsp3) is 0.462. The molecular formula is C26H31FN6O4. The van der Waals surface area contributed by atoms with E-state index in [1.165, 1.54) is 12.1 Å². The van der Waals surface area contributed by atoms with Gasteiger partial charge in [0, 0.05) is 38.0 Å². The highest BCUT2D eigenvalue weighted by molar-refractivity contribution is 5.82. The van der Waals surface area contributed by atoms with Crippen LogP contribution in [0.3, 0.4) is 0 Å². The molecule has 3 N–H and O–H groups in total. The van der Waals surface area contributed by atoms with E-state index in [2.05, 4.69) is 20.2 Å². The summed E-state index contributed by atoms with van der Waals surface area (Å²) in [5.74, 6) is 0.555. The largest absolute Gasteiger partial charge is 0.396 e. The molecule has 1 amide bonds. The summed E-state index contributed by atoms with van der Waals surface area (Å²) in [6.45, 7) is 4.27. The Bertz CT molecular complexity index is 1220. The first-order chi connectivity index (χ1) is 18.0. The number of hydrogen-bond donors (Lipinski definition) is 3. The van der Waals surface area contributed by atoms with Crippen molar-refractivity contribution < 1.29 is 23.8 Å². The van der Waals surface area contributed by atoms with Crippen LogP contribution in [-0.2, 0) is 14.3 Å². The van der Waals surface area contributed by atoms with E-state index in [0.29, 0.717) is 47.4 Å². The van der Waals surface area contributed by atoms with Gasteiger partial charge < -0.3 is 29.8 Å². The predicted octanol–water partition coefficient (Wildman–Crippen LogP) is 2.82. The Hall–Kier alpha value is -3.41. The number of aromatic amines is 1. The summed E-state index contributed by atoms with van der Waals surface area (Å²) in [6.07, 6.45) is 3.61. The minimum atomic E-state index is -0.863. The molecule has 196 valence electrons. The number of H-pyrrole nitrogens is 1. The van der Waals surface area contributed by atoms with Crippen LogP contribution in [0.5, 0.6) is 0 Å². The van der Waals surface area contributed by atoms with Gasteiger partial charge in [-0.25, -0.2) is 19.3 Å². The highest BCUT2D eigenvalue weighted by Crippen LogP contribution is 2.36. The van der Waals surface area contributed by atoms with Crippen LogP contribution in [0.2, 0.25) is 0 Å². The number of ether oxygens (including phenoxy) is 2. The van der Waals surface area contributed by atoms with E-state index in [1.807, 2.05) is 0 Å². The molecule has 0 unspecified atom stereocenters. The summed E-state index contributed by atoms with van der Waals surface area (Å²) in [6, 6.07) is 7.91. The molecule has 0 aliphatic carbocycles. The van der Waals surface area contributed by atoms with E-state index in [-0.39, 0.29) is 31.5 Å². The van der Waals surface area contributed by atoms with Crippen molar-refractivity contribution in [3.8, 4) is 22.6 Å². The van der Waals surface area contributed by atoms with Crippen LogP contribution >= 0.6 is 0 Å². The molecule has 2 aromatic heterocycles. The van der Waals surface area contributed by atoms with Crippen LogP contribution in [0, 0.1) is 11.2 Å². The van der Waals surface area contributed by atoms with E-state index in [0.717, 1.165) is 25.9 Å². The van der Waals surface area contributed by atoms with Crippen molar-refractivity contribution in [3.05, 3.63) is 48.2 Å². The van der Waals surface area contributed by atoms with Crippen molar-refractivity contribution in [3.63, 3.8) is 0 Å². The maximum Gasteiger partial charge on any atom is 0.230 e. The maximum atomic E-state index is 13.6. The Balaban J connectivity index is 1.41. The second-order valence-electron chi connectivity index (χ2n) is 9.64. The van der Waals surface area contributed by atoms with Gasteiger partial charge in [0.1, 0.15) is 5.82 Å². The molecule has 2 fully saturated rings. The van der Waals surface area contributed by atoms with Gasteiger partial charge in [-0.15, -0.1) is 0 Å². The number of aliphatic hydroxyl groups is 1. The smallest absolute Gasteiger partial charge is 0.230 e. The average molecular weight is 511 g/mol. The molecule has 5 rings (SSSR count). The number of carbonyl (C=O) groups is 1. The van der Waals surface area contributed by atoms with Crippen LogP contribution in [0.25, 0.3) is 22.6 Å². The van der Waals surface area contributed by atoms with Crippen LogP contribution in [-0.4, -0.2) is 70.4 Å². The standard InChI is InChI=1S/C26H31FN6O4/c1-26(24(35)28-10-4-14-34)15-36-23(37-16-26)22-31-20(17-5-7-18(27)8-6-17)21(32-22)19-9-11-29-25(30-19)33-12-2-3-13-33/h5-9,11,23,34H,2-4,10,12-16H2,1H3,(H,28,35)(H,31,32). The number of aromatic nitrogens is 4. The van der Waals surface area contributed by atoms with Crippen molar-refractivity contribution in [2.45, 2.75) is 32.5 Å². The van der Waals surface area contributed by atoms with E-state index in [9.17, 15) is 9.18 Å². The zero-order chi connectivity index (χ0) is 25.8. The van der Waals surface area contributed by atoms with Crippen molar-refractivity contribution >= 4 is 11.9 Å². The van der Waals surface area contributed by atoms with Crippen molar-refractivity contribution in [1.29, 1.82) is 0 Å². The maximum absolute atomic E-state index is 13.6. The summed E-state index contributed by atoms with van der Waals surface area (Å²) in [4.78, 5) is 32.1. The molecule has 0 bridgehead atoms. The first-order valence-electron chi connectivity index (χ1n) is 12.5. The summed E-state index contributed by atoms with van der Waals surface area (Å²) < 4.78 is 25.5. The number of imidazole rings is 1. The third-order valence-electron chi connectivity index (χ3n) is 6.63. The van der Waals surface area contributed by atoms with Gasteiger partial charge in [0.15, 0.2) is 5.82 Å². The lowest BCUT2D eigenvalue weighted by Crippen LogP contribution is -2.48. The number of rotatable bonds is 8. The Morgan fingerprint density at radius 2 is 1.92 bits per heavy atom. The number of amides is 1. The predicted molar refractivity (Wildman–Crippen MR) is 134 cm³/mol. The Morgan fingerprint density at radius 3 is 2.62 bits per heavy atom. The van der Waals surface area contributed by atoms with E-state index < -0.39 is 11.7 Å². The fourth-order valence-corrected chi connectivity index (χ4v) is 4.45. The quantitative estimate of drug-likeness (QED) is 0.395. The topological polar surface area (TPSA) is 125 Å². The van der Waals surface area contributed by atoms with Gasteiger partial charge in [-0.05, 0) is 56.5 Å². The van der Waals surface area contributed by atoms with E-state index in [4.69, 9.17) is 24.5 Å². The van der Waals surface area contributed by atoms with Gasteiger partial charge in [0.05, 0.1) is 35.7 Å². The van der Waals surface area contributed by atoms with Crippen molar-refractivity contribution in [1.82, 2.24) is 25.3 Å². The van der Waals surface area contributed by atoms with Gasteiger partial charge in [0.2, 0.25) is 18.1 Å². The molecule has 37 heavy (non-hydrogen) atoms. The number of benzene rings is 1. The first kappa shape index (κ1) is 25.2. The van der Waals surface area contributed by atoms with Crippen LogP contribution in [0.4, 0.5) is 10.3 Å². The number of halogens is 1. The van der Waals surface area contributed by atoms with Crippen LogP contribution < -0.4 is 10.2 Å². The normalized spacial score (nSPS) is 21.8. The fourth-order valence-electron chi connectivity index (χ4n) is 4.45. The minimum Gasteiger partial charge on any atom is -0.396 e. The van der Waals surface area contributed by atoms with Gasteiger partial charge in [-0.3, -0.25) is 4.79 Å². The number of nitrogens with zero attached hydrogens (tertiary/aromatic N) is 4. The van der Waals surface area contributed by atoms with E-state index >= 15 is 0 Å². The molecule has 0 radical (unpaired) electrons. The highest BCUT2D eigenvalue weighted by Gasteiger charge is 2.40. The summed E-state index contributed by atoms with van der Waals surface area (Å²) in [5, 5.41) is 11.8. The molecule has 4 heterocycles. The number of nitrogens with one attached hydrogen (secondary N) is 2. The Kier molecular flexibility index (Phi) is 7.45. The van der Waals surface area contributed by atoms with Crippen molar-refractivity contribution in [2.75, 3.05) is 44.4 Å². The average Bonchev–Trinajstić information content (AvgIpc) is 3.61. The lowest BCUT2D eigenvalue weighted by atomic mass is 9.91. The molecule has 0 saturated carbocycles. The van der Waals surface area contributed by atoms with E-state index in [1.54, 1.807) is 31.3 Å². The van der Waals surface area contributed by atoms with Gasteiger partial charge in [-0.1, -0.05) is 0 Å². The second-order valence-corrected chi connectivity index (χ2v) is 9.64. The molecule has 10 nitrogen and oxygen atoms in total. The molecule has 2 aliphatic heterocycles. The van der Waals surface area contributed by atoms with Crippen LogP contribution in [0.1, 0.15) is 38.3 Å². The summed E-state index contributed by atoms with van der Waals surface area (Å²) in [5.41, 5.74) is 1.73. The molecule has 0 spiro atoms. The van der Waals surface area contributed by atoms with Gasteiger partial charge in [0.25, 0.3) is 0 Å². The number of carbonyl (C=O) groups excluding carboxylic acids is 1. The molecule has 2 aliphatic rings. The number of anilines is 1. The monoisotopic (exact) mass is 510 g/mol. The highest BCUT2D eigenvalue weighted by atomic mass is 19.1. The van der Waals surface area contributed by atoms with Crippen LogP contribution in [0.15, 0.2) is 36.5 Å². The minimum absolute atomic E-state index is 0.00907. The zero-order valence-corrected chi connectivity index (χ0v) is 20.7. The second kappa shape index (κ2) is 10.9. The third kappa shape index (κ3) is 5.48. The lowest BCUT2D eigenvalue weighted by Gasteiger charge is -2.35. The molecule has 1 aromatic carbocycles. The lowest BCUT2D eigenvalue weighted by molar-refractivity contribution is -0.231. The van der Waals surface area contributed by atoms with Crippen molar-refractivity contribution in [2.24, 2.45) is 5.41 Å². The SMILES string of the molecule is CC1(C(=O)NCCCO)COC(c2nc(-c3ccc(F)cc3)c(-c3ccnc(N4CCCC4)n3)[nH]2)OC1. The molecule has 11 heteroatoms. The summed E-state index contributed by atoms with van der Waals surface area (Å²) in [7, 11) is 0. The molecule has 0 atom stereocenters. The summed E-state index contributed by atoms with van der Waals surface area (Å²) >= 11 is 0. The number of hydrogen-bond acceptors (Lipinski definition) is 8. The number of aliphatic hydroxyl groups excluding tert-OH is 1. The zero-order valence-electron chi connectivity index (χ0n) is 20.7. The third-order valence-corrected chi connectivity index (χ3v) is 6.63. The molecule has 3 aromatic rings. The molecule has 2 saturated heterocycles. The Morgan fingerprint density at radius 1 is 1.19 bits per heavy atom. The first-order valence-corrected chi connectivity index (χ1v) is 12.5. The van der Waals surface area contributed by atoms with Gasteiger partial charge >= 0.3 is 0 Å².